The molecule has 0 aromatic heterocycles. The maximum Gasteiger partial charge on any atom is 0.163 e. The van der Waals surface area contributed by atoms with Crippen molar-refractivity contribution in [3.63, 3.8) is 0 Å². The van der Waals surface area contributed by atoms with Crippen LogP contribution >= 0.6 is 0 Å². The first-order valence-electron chi connectivity index (χ1n) is 7.31. The molecule has 0 aromatic rings. The van der Waals surface area contributed by atoms with Gasteiger partial charge in [0, 0.05) is 7.11 Å². The number of aliphatic hydroxyl groups is 1. The van der Waals surface area contributed by atoms with Crippen molar-refractivity contribution in [2.75, 3.05) is 13.9 Å². The van der Waals surface area contributed by atoms with E-state index in [1.165, 1.54) is 0 Å². The minimum absolute atomic E-state index is 0.0617. The van der Waals surface area contributed by atoms with Crippen LogP contribution in [0, 0.1) is 0 Å². The Morgan fingerprint density at radius 3 is 2.57 bits per heavy atom. The molecule has 0 spiro atoms. The van der Waals surface area contributed by atoms with Crippen LogP contribution in [0.3, 0.4) is 0 Å². The van der Waals surface area contributed by atoms with Crippen LogP contribution in [0.4, 0.5) is 0 Å². The summed E-state index contributed by atoms with van der Waals surface area (Å²) < 4.78 is 22.3. The highest BCUT2D eigenvalue weighted by Gasteiger charge is 2.42. The molecule has 1 heterocycles. The molecule has 0 bridgehead atoms. The fourth-order valence-corrected chi connectivity index (χ4v) is 2.42. The molecule has 0 amide bonds. The van der Waals surface area contributed by atoms with Gasteiger partial charge in [0.2, 0.25) is 0 Å². The molecule has 5 nitrogen and oxygen atoms in total. The Morgan fingerprint density at radius 2 is 2.05 bits per heavy atom. The second kappa shape index (κ2) is 8.66. The molecule has 21 heavy (non-hydrogen) atoms. The van der Waals surface area contributed by atoms with Gasteiger partial charge in [0.25, 0.3) is 0 Å². The third kappa shape index (κ3) is 6.28. The Hall–Kier alpha value is -0.720. The lowest BCUT2D eigenvalue weighted by molar-refractivity contribution is -0.169. The predicted molar refractivity (Wildman–Crippen MR) is 80.8 cm³/mol. The second-order valence-electron chi connectivity index (χ2n) is 5.67. The molecule has 1 aliphatic heterocycles. The molecule has 1 saturated heterocycles. The quantitative estimate of drug-likeness (QED) is 0.523. The Labute approximate surface area is 127 Å². The van der Waals surface area contributed by atoms with Gasteiger partial charge in [-0.2, -0.15) is 0 Å². The van der Waals surface area contributed by atoms with Crippen LogP contribution in [-0.2, 0) is 18.9 Å². The van der Waals surface area contributed by atoms with Gasteiger partial charge in [0.05, 0.1) is 18.3 Å². The predicted octanol–water partition coefficient (Wildman–Crippen LogP) is 2.40. The lowest BCUT2D eigenvalue weighted by Gasteiger charge is -2.24. The van der Waals surface area contributed by atoms with E-state index in [2.05, 4.69) is 6.58 Å². The number of hydrogen-bond acceptors (Lipinski definition) is 5. The molecule has 0 unspecified atom stereocenters. The normalized spacial score (nSPS) is 27.9. The van der Waals surface area contributed by atoms with Crippen molar-refractivity contribution in [2.45, 2.75) is 63.8 Å². The smallest absolute Gasteiger partial charge is 0.163 e. The van der Waals surface area contributed by atoms with Gasteiger partial charge >= 0.3 is 0 Å². The Morgan fingerprint density at radius 1 is 1.33 bits per heavy atom. The Balaban J connectivity index is 2.61. The average Bonchev–Trinajstić information content (AvgIpc) is 2.67. The van der Waals surface area contributed by atoms with E-state index < -0.39 is 11.9 Å². The minimum atomic E-state index is -0.606. The highest BCUT2D eigenvalue weighted by Crippen LogP contribution is 2.31. The lowest BCUT2D eigenvalue weighted by Crippen LogP contribution is -2.36. The molecule has 1 rings (SSSR count). The Bertz CT molecular complexity index is 340. The second-order valence-corrected chi connectivity index (χ2v) is 5.67. The average molecular weight is 300 g/mol. The molecular weight excluding hydrogens is 272 g/mol. The standard InChI is InChI=1S/C16H28O5/c1-6-8-13(17)9-7-10-14(19-11-18-5)15-12(2)20-16(3,4)21-15/h6-7,9,12-15,17H,1,8,10-11H2,2-5H3/b9-7+/t12-,13-,14-,15-/m1/s1. The Kier molecular flexibility index (Phi) is 7.56. The maximum atomic E-state index is 9.66. The number of aliphatic hydroxyl groups excluding tert-OH is 1. The van der Waals surface area contributed by atoms with E-state index in [-0.39, 0.29) is 25.1 Å². The van der Waals surface area contributed by atoms with Crippen molar-refractivity contribution in [2.24, 2.45) is 0 Å². The molecule has 1 aliphatic rings. The first-order valence-corrected chi connectivity index (χ1v) is 7.31. The van der Waals surface area contributed by atoms with E-state index >= 15 is 0 Å². The van der Waals surface area contributed by atoms with Crippen molar-refractivity contribution >= 4 is 0 Å². The van der Waals surface area contributed by atoms with E-state index in [9.17, 15) is 5.11 Å². The maximum absolute atomic E-state index is 9.66. The van der Waals surface area contributed by atoms with E-state index in [0.717, 1.165) is 0 Å². The summed E-state index contributed by atoms with van der Waals surface area (Å²) in [5.74, 6) is -0.606. The SMILES string of the molecule is C=CC[C@@H](O)/C=C/C[C@@H](OCOC)[C@@H]1OC(C)(C)O[C@@H]1C. The fourth-order valence-electron chi connectivity index (χ4n) is 2.42. The van der Waals surface area contributed by atoms with Crippen LogP contribution < -0.4 is 0 Å². The van der Waals surface area contributed by atoms with Gasteiger partial charge in [-0.15, -0.1) is 6.58 Å². The number of methoxy groups -OCH3 is 1. The van der Waals surface area contributed by atoms with Crippen molar-refractivity contribution in [1.29, 1.82) is 0 Å². The molecule has 0 aromatic carbocycles. The van der Waals surface area contributed by atoms with Crippen molar-refractivity contribution < 1.29 is 24.1 Å². The molecule has 0 saturated carbocycles. The van der Waals surface area contributed by atoms with Gasteiger partial charge in [-0.05, 0) is 33.6 Å². The van der Waals surface area contributed by atoms with Gasteiger partial charge < -0.3 is 24.1 Å². The van der Waals surface area contributed by atoms with Crippen LogP contribution in [0.2, 0.25) is 0 Å². The summed E-state index contributed by atoms with van der Waals surface area (Å²) in [5, 5.41) is 9.66. The molecule has 1 fully saturated rings. The molecule has 5 heteroatoms. The van der Waals surface area contributed by atoms with E-state index in [0.29, 0.717) is 12.8 Å². The zero-order valence-corrected chi connectivity index (χ0v) is 13.5. The lowest BCUT2D eigenvalue weighted by atomic mass is 10.1. The van der Waals surface area contributed by atoms with Crippen LogP contribution in [0.1, 0.15) is 33.6 Å². The summed E-state index contributed by atoms with van der Waals surface area (Å²) in [5.41, 5.74) is 0. The fraction of sp³-hybridized carbons (Fsp3) is 0.750. The van der Waals surface area contributed by atoms with Crippen LogP contribution in [0.15, 0.2) is 24.8 Å². The van der Waals surface area contributed by atoms with Gasteiger partial charge in [-0.25, -0.2) is 0 Å². The zero-order valence-electron chi connectivity index (χ0n) is 13.5. The molecule has 122 valence electrons. The summed E-state index contributed by atoms with van der Waals surface area (Å²) in [6, 6.07) is 0. The summed E-state index contributed by atoms with van der Waals surface area (Å²) >= 11 is 0. The van der Waals surface area contributed by atoms with Crippen molar-refractivity contribution in [3.8, 4) is 0 Å². The number of hydrogen-bond donors (Lipinski definition) is 1. The van der Waals surface area contributed by atoms with Gasteiger partial charge in [-0.3, -0.25) is 0 Å². The minimum Gasteiger partial charge on any atom is -0.389 e. The van der Waals surface area contributed by atoms with Gasteiger partial charge in [0.15, 0.2) is 5.79 Å². The molecule has 1 N–H and O–H groups in total. The molecule has 0 radical (unpaired) electrons. The van der Waals surface area contributed by atoms with Crippen LogP contribution in [0.5, 0.6) is 0 Å². The highest BCUT2D eigenvalue weighted by molar-refractivity contribution is 4.96. The summed E-state index contributed by atoms with van der Waals surface area (Å²) in [6.45, 7) is 9.55. The topological polar surface area (TPSA) is 57.2 Å². The highest BCUT2D eigenvalue weighted by atomic mass is 16.8. The van der Waals surface area contributed by atoms with Crippen molar-refractivity contribution in [3.05, 3.63) is 24.8 Å². The van der Waals surface area contributed by atoms with Crippen molar-refractivity contribution in [1.82, 2.24) is 0 Å². The van der Waals surface area contributed by atoms with E-state index in [4.69, 9.17) is 18.9 Å². The van der Waals surface area contributed by atoms with Gasteiger partial charge in [0.1, 0.15) is 12.9 Å². The summed E-state index contributed by atoms with van der Waals surface area (Å²) in [6.07, 6.45) is 5.55. The first kappa shape index (κ1) is 18.3. The third-order valence-corrected chi connectivity index (χ3v) is 3.25. The van der Waals surface area contributed by atoms with Crippen LogP contribution in [0.25, 0.3) is 0 Å². The third-order valence-electron chi connectivity index (χ3n) is 3.25. The summed E-state index contributed by atoms with van der Waals surface area (Å²) in [4.78, 5) is 0. The first-order chi connectivity index (χ1) is 9.89. The zero-order chi connectivity index (χ0) is 15.9. The van der Waals surface area contributed by atoms with E-state index in [1.54, 1.807) is 19.3 Å². The van der Waals surface area contributed by atoms with Gasteiger partial charge in [-0.1, -0.05) is 18.2 Å². The van der Waals surface area contributed by atoms with Crippen LogP contribution in [-0.4, -0.2) is 49.2 Å². The summed E-state index contributed by atoms with van der Waals surface area (Å²) in [7, 11) is 1.58. The van der Waals surface area contributed by atoms with E-state index in [1.807, 2.05) is 26.8 Å². The monoisotopic (exact) mass is 300 g/mol. The molecular formula is C16H28O5. The molecule has 0 aliphatic carbocycles. The number of rotatable bonds is 9. The number of ether oxygens (including phenoxy) is 4. The largest absolute Gasteiger partial charge is 0.389 e. The molecule has 4 atom stereocenters.